The van der Waals surface area contributed by atoms with Crippen molar-refractivity contribution in [3.05, 3.63) is 47.9 Å². The largest absolute Gasteiger partial charge is 0.356 e. The molecule has 1 saturated heterocycles. The highest BCUT2D eigenvalue weighted by atomic mass is 16.2. The van der Waals surface area contributed by atoms with Gasteiger partial charge in [0.15, 0.2) is 0 Å². The van der Waals surface area contributed by atoms with E-state index in [1.807, 2.05) is 11.0 Å². The summed E-state index contributed by atoms with van der Waals surface area (Å²) in [5.74, 6) is 1.78. The van der Waals surface area contributed by atoms with Crippen LogP contribution in [-0.4, -0.2) is 35.5 Å². The fraction of sp³-hybridized carbons (Fsp3) is 0.476. The summed E-state index contributed by atoms with van der Waals surface area (Å²) in [6.45, 7) is 4.88. The Morgan fingerprint density at radius 2 is 1.96 bits per heavy atom. The van der Waals surface area contributed by atoms with Gasteiger partial charge in [0, 0.05) is 43.5 Å². The van der Waals surface area contributed by atoms with Crippen LogP contribution in [0.5, 0.6) is 0 Å². The first-order valence-electron chi connectivity index (χ1n) is 9.68. The zero-order valence-corrected chi connectivity index (χ0v) is 15.4. The number of nitrogens with zero attached hydrogens (tertiary/aromatic N) is 4. The number of piperidine rings is 1. The molecule has 1 amide bonds. The summed E-state index contributed by atoms with van der Waals surface area (Å²) in [5.41, 5.74) is 3.49. The molecular formula is C21H26N4O. The molecule has 2 aliphatic rings. The van der Waals surface area contributed by atoms with E-state index in [1.54, 1.807) is 6.33 Å². The molecule has 0 radical (unpaired) electrons. The van der Waals surface area contributed by atoms with Gasteiger partial charge in [-0.2, -0.15) is 0 Å². The monoisotopic (exact) mass is 350 g/mol. The van der Waals surface area contributed by atoms with E-state index in [-0.39, 0.29) is 5.91 Å². The lowest BCUT2D eigenvalue weighted by molar-refractivity contribution is -0.119. The molecule has 0 spiro atoms. The molecule has 5 nitrogen and oxygen atoms in total. The van der Waals surface area contributed by atoms with E-state index in [0.29, 0.717) is 12.3 Å². The second-order valence-electron chi connectivity index (χ2n) is 7.28. The molecule has 1 aromatic carbocycles. The minimum absolute atomic E-state index is 0.281. The van der Waals surface area contributed by atoms with Crippen LogP contribution in [0, 0.1) is 5.92 Å². The maximum Gasteiger partial charge on any atom is 0.227 e. The first-order chi connectivity index (χ1) is 12.7. The van der Waals surface area contributed by atoms with E-state index in [0.717, 1.165) is 62.5 Å². The normalized spacial score (nSPS) is 17.4. The number of hydrogen-bond donors (Lipinski definition) is 0. The van der Waals surface area contributed by atoms with Gasteiger partial charge >= 0.3 is 0 Å². The van der Waals surface area contributed by atoms with E-state index >= 15 is 0 Å². The average Bonchev–Trinajstić information content (AvgIpc) is 3.13. The molecule has 0 atom stereocenters. The number of aromatic nitrogens is 2. The molecule has 2 aromatic rings. The summed E-state index contributed by atoms with van der Waals surface area (Å²) in [6.07, 6.45) is 6.33. The van der Waals surface area contributed by atoms with Crippen LogP contribution in [0.3, 0.4) is 0 Å². The van der Waals surface area contributed by atoms with Crippen molar-refractivity contribution in [3.63, 3.8) is 0 Å². The Kier molecular flexibility index (Phi) is 4.87. The molecule has 1 fully saturated rings. The molecule has 0 saturated carbocycles. The number of amides is 1. The lowest BCUT2D eigenvalue weighted by Crippen LogP contribution is -2.37. The molecule has 3 heterocycles. The van der Waals surface area contributed by atoms with Crippen LogP contribution in [0.15, 0.2) is 36.7 Å². The molecule has 4 rings (SSSR count). The highest BCUT2D eigenvalue weighted by Crippen LogP contribution is 2.30. The van der Waals surface area contributed by atoms with Crippen molar-refractivity contribution >= 4 is 17.4 Å². The van der Waals surface area contributed by atoms with Gasteiger partial charge in [0.1, 0.15) is 12.1 Å². The molecule has 1 aromatic heterocycles. The second-order valence-corrected chi connectivity index (χ2v) is 7.28. The lowest BCUT2D eigenvalue weighted by atomic mass is 9.93. The minimum Gasteiger partial charge on any atom is -0.356 e. The fourth-order valence-corrected chi connectivity index (χ4v) is 4.07. The highest BCUT2D eigenvalue weighted by Gasteiger charge is 2.28. The Hall–Kier alpha value is -2.43. The predicted molar refractivity (Wildman–Crippen MR) is 103 cm³/mol. The van der Waals surface area contributed by atoms with E-state index < -0.39 is 0 Å². The minimum atomic E-state index is 0.281. The Morgan fingerprint density at radius 3 is 2.77 bits per heavy atom. The molecule has 136 valence electrons. The number of anilines is 2. The van der Waals surface area contributed by atoms with E-state index in [4.69, 9.17) is 0 Å². The third-order valence-corrected chi connectivity index (χ3v) is 5.66. The van der Waals surface area contributed by atoms with Crippen molar-refractivity contribution in [2.45, 2.75) is 39.0 Å². The Balaban J connectivity index is 1.33. The number of hydrogen-bond acceptors (Lipinski definition) is 4. The predicted octanol–water partition coefficient (Wildman–Crippen LogP) is 3.23. The van der Waals surface area contributed by atoms with Crippen molar-refractivity contribution in [3.8, 4) is 0 Å². The molecule has 0 N–H and O–H groups in total. The Morgan fingerprint density at radius 1 is 1.15 bits per heavy atom. The number of rotatable bonds is 4. The number of fused-ring (bicyclic) bond motifs is 1. The van der Waals surface area contributed by atoms with Gasteiger partial charge in [-0.3, -0.25) is 4.79 Å². The van der Waals surface area contributed by atoms with Crippen molar-refractivity contribution < 1.29 is 4.79 Å². The smallest absolute Gasteiger partial charge is 0.227 e. The zero-order chi connectivity index (χ0) is 17.9. The highest BCUT2D eigenvalue weighted by molar-refractivity contribution is 5.95. The third kappa shape index (κ3) is 3.43. The number of para-hydroxylation sites is 1. The SMILES string of the molecule is CCc1cc(N2CCC(CC(=O)N3CCc4ccccc43)CC2)ncn1. The number of aryl methyl sites for hydroxylation is 1. The molecule has 2 aliphatic heterocycles. The standard InChI is InChI=1S/C21H26N4O/c1-2-18-14-20(23-15-22-18)24-10-7-16(8-11-24)13-21(26)25-12-9-17-5-3-4-6-19(17)25/h3-6,14-16H,2,7-13H2,1H3. The molecule has 0 bridgehead atoms. The number of benzene rings is 1. The van der Waals surface area contributed by atoms with Gasteiger partial charge in [0.2, 0.25) is 5.91 Å². The van der Waals surface area contributed by atoms with Gasteiger partial charge in [-0.05, 0) is 43.2 Å². The van der Waals surface area contributed by atoms with Gasteiger partial charge in [0.05, 0.1) is 0 Å². The fourth-order valence-electron chi connectivity index (χ4n) is 4.07. The van der Waals surface area contributed by atoms with E-state index in [9.17, 15) is 4.79 Å². The van der Waals surface area contributed by atoms with Crippen LogP contribution < -0.4 is 9.80 Å². The maximum absolute atomic E-state index is 12.8. The van der Waals surface area contributed by atoms with Crippen molar-refractivity contribution in [2.75, 3.05) is 29.4 Å². The molecule has 26 heavy (non-hydrogen) atoms. The van der Waals surface area contributed by atoms with Crippen LogP contribution in [0.2, 0.25) is 0 Å². The molecular weight excluding hydrogens is 324 g/mol. The summed E-state index contributed by atoms with van der Waals surface area (Å²) in [6, 6.07) is 10.4. The topological polar surface area (TPSA) is 49.3 Å². The first-order valence-corrected chi connectivity index (χ1v) is 9.68. The van der Waals surface area contributed by atoms with Gasteiger partial charge in [-0.15, -0.1) is 0 Å². The average molecular weight is 350 g/mol. The van der Waals surface area contributed by atoms with E-state index in [2.05, 4.69) is 46.1 Å². The van der Waals surface area contributed by atoms with Gasteiger partial charge in [-0.25, -0.2) is 9.97 Å². The number of carbonyl (C=O) groups is 1. The van der Waals surface area contributed by atoms with Gasteiger partial charge < -0.3 is 9.80 Å². The summed E-state index contributed by atoms with van der Waals surface area (Å²) < 4.78 is 0. The Bertz CT molecular complexity index is 783. The van der Waals surface area contributed by atoms with Gasteiger partial charge in [0.25, 0.3) is 0 Å². The second kappa shape index (κ2) is 7.44. The summed E-state index contributed by atoms with van der Waals surface area (Å²) in [7, 11) is 0. The number of carbonyl (C=O) groups excluding carboxylic acids is 1. The van der Waals surface area contributed by atoms with Crippen LogP contribution in [0.4, 0.5) is 11.5 Å². The van der Waals surface area contributed by atoms with Crippen LogP contribution in [0.25, 0.3) is 0 Å². The van der Waals surface area contributed by atoms with Gasteiger partial charge in [-0.1, -0.05) is 25.1 Å². The van der Waals surface area contributed by atoms with Crippen LogP contribution in [0.1, 0.15) is 37.4 Å². The Labute approximate surface area is 155 Å². The summed E-state index contributed by atoms with van der Waals surface area (Å²) in [4.78, 5) is 25.8. The molecule has 5 heteroatoms. The summed E-state index contributed by atoms with van der Waals surface area (Å²) in [5, 5.41) is 0. The van der Waals surface area contributed by atoms with Crippen LogP contribution >= 0.6 is 0 Å². The first kappa shape index (κ1) is 17.0. The maximum atomic E-state index is 12.8. The van der Waals surface area contributed by atoms with E-state index in [1.165, 1.54) is 5.56 Å². The van der Waals surface area contributed by atoms with Crippen LogP contribution in [-0.2, 0) is 17.6 Å². The quantitative estimate of drug-likeness (QED) is 0.849. The lowest BCUT2D eigenvalue weighted by Gasteiger charge is -2.33. The van der Waals surface area contributed by atoms with Crippen molar-refractivity contribution in [2.24, 2.45) is 5.92 Å². The summed E-state index contributed by atoms with van der Waals surface area (Å²) >= 11 is 0. The zero-order valence-electron chi connectivity index (χ0n) is 15.4. The molecule has 0 unspecified atom stereocenters. The van der Waals surface area contributed by atoms with Crippen molar-refractivity contribution in [1.29, 1.82) is 0 Å². The molecule has 0 aliphatic carbocycles. The van der Waals surface area contributed by atoms with Crippen molar-refractivity contribution in [1.82, 2.24) is 9.97 Å². The third-order valence-electron chi connectivity index (χ3n) is 5.66.